The van der Waals surface area contributed by atoms with Gasteiger partial charge in [0.2, 0.25) is 17.7 Å². The summed E-state index contributed by atoms with van der Waals surface area (Å²) in [5, 5.41) is 16.5. The van der Waals surface area contributed by atoms with Crippen molar-refractivity contribution in [3.8, 4) is 11.8 Å². The molecule has 0 spiro atoms. The molecule has 18 heteroatoms. The number of rotatable bonds is 15. The number of ether oxygens (including phenoxy) is 2. The number of nitrogens with zero attached hydrogens (tertiary/aromatic N) is 5. The number of nitrogens with one attached hydrogen (secondary N) is 2. The fourth-order valence-corrected chi connectivity index (χ4v) is 6.87. The average Bonchev–Trinajstić information content (AvgIpc) is 3.06. The van der Waals surface area contributed by atoms with Gasteiger partial charge in [0.15, 0.2) is 10.8 Å². The number of amides is 3. The normalized spacial score (nSPS) is 15.3. The molecule has 50 heavy (non-hydrogen) atoms. The molecule has 0 radical (unpaired) electrons. The Hall–Kier alpha value is -4.45. The molecule has 1 aliphatic carbocycles. The molecule has 0 aromatic carbocycles. The molecule has 2 atom stereocenters. The average molecular weight is 738 g/mol. The Morgan fingerprint density at radius 1 is 1.14 bits per heavy atom. The second-order valence-electron chi connectivity index (χ2n) is 11.1. The van der Waals surface area contributed by atoms with Crippen LogP contribution in [0.25, 0.3) is 0 Å². The Kier molecular flexibility index (Phi) is 16.9. The fraction of sp³-hybridized carbons (Fsp3) is 0.531. The van der Waals surface area contributed by atoms with Crippen LogP contribution in [0.5, 0.6) is 11.8 Å². The summed E-state index contributed by atoms with van der Waals surface area (Å²) in [5.41, 5.74) is 0.815. The number of pyridine rings is 1. The molecule has 0 aliphatic heterocycles. The summed E-state index contributed by atoms with van der Waals surface area (Å²) >= 11 is 1.90. The van der Waals surface area contributed by atoms with E-state index in [0.717, 1.165) is 18.6 Å². The third kappa shape index (κ3) is 12.5. The van der Waals surface area contributed by atoms with Gasteiger partial charge in [-0.25, -0.2) is 14.5 Å². The van der Waals surface area contributed by atoms with Crippen LogP contribution in [0.4, 0.5) is 10.7 Å². The van der Waals surface area contributed by atoms with Gasteiger partial charge in [0, 0.05) is 38.4 Å². The van der Waals surface area contributed by atoms with Gasteiger partial charge in [-0.05, 0) is 43.6 Å². The first-order valence-corrected chi connectivity index (χ1v) is 18.5. The highest BCUT2D eigenvalue weighted by Gasteiger charge is 2.31. The number of urea groups is 1. The summed E-state index contributed by atoms with van der Waals surface area (Å²) < 4.78 is 36.7. The number of aliphatic hydroxyl groups is 1. The van der Waals surface area contributed by atoms with Crippen molar-refractivity contribution in [3.05, 3.63) is 41.3 Å². The van der Waals surface area contributed by atoms with Crippen LogP contribution in [0.2, 0.25) is 0 Å². The number of sulfonamides is 1. The lowest BCUT2D eigenvalue weighted by molar-refractivity contribution is -0.116. The lowest BCUT2D eigenvalue weighted by Crippen LogP contribution is -2.36. The second kappa shape index (κ2) is 20.3. The monoisotopic (exact) mass is 737 g/mol. The number of aliphatic hydroxyl groups excluding tert-OH is 1. The molecule has 2 heterocycles. The Bertz CT molecular complexity index is 1630. The van der Waals surface area contributed by atoms with Crippen molar-refractivity contribution in [1.82, 2.24) is 24.6 Å². The van der Waals surface area contributed by atoms with Gasteiger partial charge in [-0.2, -0.15) is 30.1 Å². The maximum atomic E-state index is 12.5. The molecular weight excluding hydrogens is 691 g/mol. The highest BCUT2D eigenvalue weighted by Crippen LogP contribution is 2.33. The van der Waals surface area contributed by atoms with E-state index >= 15 is 0 Å². The molecular formula is C32H47N7O9S2. The molecule has 0 saturated heterocycles. The van der Waals surface area contributed by atoms with E-state index < -0.39 is 27.0 Å². The Labute approximate surface area is 297 Å². The minimum atomic E-state index is -4.46. The number of carbonyl (C=O) groups excluding carboxylic acids is 3. The maximum absolute atomic E-state index is 12.5. The Balaban J connectivity index is 0.000000358. The molecule has 16 nitrogen and oxygen atoms in total. The third-order valence-corrected chi connectivity index (χ3v) is 9.31. The standard InChI is InChI=1S/C17H29NO3S.C15H18N6O6S/c1-5-8-14(18-21-6-2)17-15(19)10-13(11-16(17)20)9-12(4)22-7-3;1-21(2)13(22)9-6-5-7-16-12(9)28(24,25)20-15(23)19-14-17-10(26-3)8-11(18-14)27-4/h12-13,19H,5-11H2,1-4H3;5-8H,1-4H3,(H2,17,18,19,20,23). The molecule has 2 aromatic heterocycles. The molecule has 3 amide bonds. The van der Waals surface area contributed by atoms with Crippen LogP contribution in [-0.4, -0.2) is 103 Å². The van der Waals surface area contributed by atoms with E-state index in [-0.39, 0.29) is 40.7 Å². The first kappa shape index (κ1) is 41.7. The van der Waals surface area contributed by atoms with Crippen LogP contribution in [-0.2, 0) is 19.7 Å². The first-order valence-electron chi connectivity index (χ1n) is 15.9. The van der Waals surface area contributed by atoms with Gasteiger partial charge in [0.1, 0.15) is 12.4 Å². The number of hydrogen-bond donors (Lipinski definition) is 3. The number of Topliss-reactive ketones (excluding diaryl/α,β-unsaturated/α-hetero) is 1. The number of methoxy groups -OCH3 is 2. The quantitative estimate of drug-likeness (QED) is 0.169. The zero-order valence-corrected chi connectivity index (χ0v) is 31.3. The number of thioether (sulfide) groups is 1. The minimum absolute atomic E-state index is 0.00866. The van der Waals surface area contributed by atoms with Crippen molar-refractivity contribution < 1.29 is 42.2 Å². The van der Waals surface area contributed by atoms with E-state index in [1.807, 2.05) is 25.6 Å². The third-order valence-electron chi connectivity index (χ3n) is 6.93. The molecule has 276 valence electrons. The van der Waals surface area contributed by atoms with Crippen molar-refractivity contribution in [3.63, 3.8) is 0 Å². The van der Waals surface area contributed by atoms with Crippen molar-refractivity contribution in [2.75, 3.05) is 46.0 Å². The fourth-order valence-electron chi connectivity index (χ4n) is 4.86. The summed E-state index contributed by atoms with van der Waals surface area (Å²) in [7, 11) is 1.15. The first-order chi connectivity index (χ1) is 23.7. The number of oxime groups is 1. The smallest absolute Gasteiger partial charge is 0.335 e. The SMILES string of the molecule is CCCC(=NOCC)C1=C(O)CC(CC(C)SCC)CC1=O.COc1cc(OC)nc(NC(=O)NS(=O)(=O)c2ncccc2C(=O)N(C)C)n1. The number of carbonyl (C=O) groups is 3. The minimum Gasteiger partial charge on any atom is -0.511 e. The molecule has 2 aromatic rings. The van der Waals surface area contributed by atoms with Crippen LogP contribution >= 0.6 is 11.8 Å². The molecule has 2 unspecified atom stereocenters. The summed E-state index contributed by atoms with van der Waals surface area (Å²) in [4.78, 5) is 54.5. The van der Waals surface area contributed by atoms with Gasteiger partial charge in [-0.1, -0.05) is 32.3 Å². The van der Waals surface area contributed by atoms with Gasteiger partial charge >= 0.3 is 6.03 Å². The van der Waals surface area contributed by atoms with Gasteiger partial charge in [-0.15, -0.1) is 0 Å². The second-order valence-corrected chi connectivity index (χ2v) is 14.4. The van der Waals surface area contributed by atoms with Crippen LogP contribution < -0.4 is 19.5 Å². The molecule has 0 saturated carbocycles. The lowest BCUT2D eigenvalue weighted by atomic mass is 9.82. The zero-order valence-electron chi connectivity index (χ0n) is 29.7. The molecule has 3 rings (SSSR count). The zero-order chi connectivity index (χ0) is 37.4. The molecule has 3 N–H and O–H groups in total. The van der Waals surface area contributed by atoms with E-state index in [9.17, 15) is 27.9 Å². The van der Waals surface area contributed by atoms with Crippen LogP contribution in [0.3, 0.4) is 0 Å². The number of allylic oxidation sites excluding steroid dienone is 2. The highest BCUT2D eigenvalue weighted by molar-refractivity contribution is 7.99. The van der Waals surface area contributed by atoms with E-state index in [1.165, 1.54) is 57.6 Å². The van der Waals surface area contributed by atoms with Crippen molar-refractivity contribution >= 4 is 51.2 Å². The predicted octanol–water partition coefficient (Wildman–Crippen LogP) is 4.60. The number of aromatic nitrogens is 3. The largest absolute Gasteiger partial charge is 0.511 e. The lowest BCUT2D eigenvalue weighted by Gasteiger charge is -2.25. The summed E-state index contributed by atoms with van der Waals surface area (Å²) in [5.74, 6) is 0.860. The molecule has 0 fully saturated rings. The van der Waals surface area contributed by atoms with Gasteiger partial charge in [-0.3, -0.25) is 14.9 Å². The summed E-state index contributed by atoms with van der Waals surface area (Å²) in [6.45, 7) is 8.67. The topological polar surface area (TPSA) is 212 Å². The van der Waals surface area contributed by atoms with Crippen molar-refractivity contribution in [2.45, 2.75) is 70.1 Å². The van der Waals surface area contributed by atoms with Crippen LogP contribution in [0.15, 0.2) is 45.9 Å². The summed E-state index contributed by atoms with van der Waals surface area (Å²) in [6, 6.07) is 2.90. The number of hydrogen-bond acceptors (Lipinski definition) is 14. The van der Waals surface area contributed by atoms with E-state index in [2.05, 4.69) is 39.3 Å². The van der Waals surface area contributed by atoms with Gasteiger partial charge in [0.25, 0.3) is 15.9 Å². The van der Waals surface area contributed by atoms with Gasteiger partial charge < -0.3 is 24.3 Å². The number of ketones is 1. The van der Waals surface area contributed by atoms with E-state index in [4.69, 9.17) is 14.3 Å². The predicted molar refractivity (Wildman–Crippen MR) is 190 cm³/mol. The molecule has 0 bridgehead atoms. The molecule has 1 aliphatic rings. The highest BCUT2D eigenvalue weighted by atomic mass is 32.2. The van der Waals surface area contributed by atoms with Gasteiger partial charge in [0.05, 0.1) is 37.1 Å². The van der Waals surface area contributed by atoms with E-state index in [1.54, 1.807) is 4.72 Å². The van der Waals surface area contributed by atoms with E-state index in [0.29, 0.717) is 42.4 Å². The number of anilines is 1. The Morgan fingerprint density at radius 2 is 1.80 bits per heavy atom. The van der Waals surface area contributed by atoms with Crippen molar-refractivity contribution in [2.24, 2.45) is 11.1 Å². The Morgan fingerprint density at radius 3 is 2.34 bits per heavy atom. The van der Waals surface area contributed by atoms with Crippen molar-refractivity contribution in [1.29, 1.82) is 0 Å². The van der Waals surface area contributed by atoms with Crippen LogP contribution in [0.1, 0.15) is 70.2 Å². The summed E-state index contributed by atoms with van der Waals surface area (Å²) in [6.07, 6.45) is 4.75. The van der Waals surface area contributed by atoms with Crippen LogP contribution in [0, 0.1) is 5.92 Å². The maximum Gasteiger partial charge on any atom is 0.335 e.